The molecule has 0 aromatic carbocycles. The van der Waals surface area contributed by atoms with E-state index in [-0.39, 0.29) is 18.7 Å². The Morgan fingerprint density at radius 2 is 2.30 bits per heavy atom. The molecule has 0 aliphatic rings. The van der Waals surface area contributed by atoms with Crippen LogP contribution in [0.4, 0.5) is 0 Å². The number of hydrogen-bond donors (Lipinski definition) is 1. The molecule has 0 unspecified atom stereocenters. The van der Waals surface area contributed by atoms with Gasteiger partial charge >= 0.3 is 11.7 Å². The standard InChI is InChI=1S/C12H9N3O4S/c13-6-8-7-15(12(18)14-10(8)16)3-4-19-11(17)9-2-1-5-20-9/h1-2,5,7H,3-4H2,(H,14,16,18). The van der Waals surface area contributed by atoms with Gasteiger partial charge in [-0.15, -0.1) is 11.3 Å². The van der Waals surface area contributed by atoms with Crippen molar-refractivity contribution in [3.63, 3.8) is 0 Å². The van der Waals surface area contributed by atoms with Gasteiger partial charge in [0.25, 0.3) is 5.56 Å². The summed E-state index contributed by atoms with van der Waals surface area (Å²) in [7, 11) is 0. The Hall–Kier alpha value is -2.66. The highest BCUT2D eigenvalue weighted by Crippen LogP contribution is 2.09. The van der Waals surface area contributed by atoms with Gasteiger partial charge in [-0.2, -0.15) is 5.26 Å². The first kappa shape index (κ1) is 13.8. The SMILES string of the molecule is N#Cc1cn(CCOC(=O)c2cccs2)c(=O)[nH]c1=O. The lowest BCUT2D eigenvalue weighted by Gasteiger charge is -2.06. The van der Waals surface area contributed by atoms with Crippen LogP contribution in [-0.4, -0.2) is 22.1 Å². The second-order valence-electron chi connectivity index (χ2n) is 3.72. The average Bonchev–Trinajstić information content (AvgIpc) is 2.95. The molecule has 0 amide bonds. The molecule has 1 N–H and O–H groups in total. The number of hydrogen-bond acceptors (Lipinski definition) is 6. The van der Waals surface area contributed by atoms with Gasteiger partial charge in [0.2, 0.25) is 0 Å². The summed E-state index contributed by atoms with van der Waals surface area (Å²) < 4.78 is 6.10. The summed E-state index contributed by atoms with van der Waals surface area (Å²) in [6, 6.07) is 5.04. The van der Waals surface area contributed by atoms with Gasteiger partial charge in [0.15, 0.2) is 0 Å². The minimum Gasteiger partial charge on any atom is -0.460 e. The van der Waals surface area contributed by atoms with Gasteiger partial charge < -0.3 is 4.74 Å². The van der Waals surface area contributed by atoms with E-state index in [4.69, 9.17) is 10.00 Å². The Balaban J connectivity index is 2.02. The Bertz CT molecular complexity index is 767. The predicted molar refractivity (Wildman–Crippen MR) is 70.6 cm³/mol. The maximum Gasteiger partial charge on any atom is 0.348 e. The van der Waals surface area contributed by atoms with Crippen molar-refractivity contribution in [2.45, 2.75) is 6.54 Å². The first-order valence-electron chi connectivity index (χ1n) is 5.56. The Labute approximate surface area is 116 Å². The molecule has 2 aromatic rings. The molecule has 0 radical (unpaired) electrons. The lowest BCUT2D eigenvalue weighted by Crippen LogP contribution is -2.32. The van der Waals surface area contributed by atoms with Gasteiger partial charge in [-0.25, -0.2) is 9.59 Å². The predicted octanol–water partition coefficient (Wildman–Crippen LogP) is 0.327. The third-order valence-electron chi connectivity index (χ3n) is 2.42. The van der Waals surface area contributed by atoms with Gasteiger partial charge in [0.1, 0.15) is 23.1 Å². The fourth-order valence-electron chi connectivity index (χ4n) is 1.46. The number of nitrogens with one attached hydrogen (secondary N) is 1. The van der Waals surface area contributed by atoms with E-state index in [2.05, 4.69) is 0 Å². The molecule has 2 heterocycles. The topological polar surface area (TPSA) is 105 Å². The zero-order chi connectivity index (χ0) is 14.5. The lowest BCUT2D eigenvalue weighted by molar-refractivity contribution is 0.0495. The number of ether oxygens (including phenoxy) is 1. The summed E-state index contributed by atoms with van der Waals surface area (Å²) in [6.07, 6.45) is 1.14. The van der Waals surface area contributed by atoms with Crippen LogP contribution < -0.4 is 11.2 Å². The fourth-order valence-corrected chi connectivity index (χ4v) is 2.07. The number of thiophene rings is 1. The molecule has 20 heavy (non-hydrogen) atoms. The Morgan fingerprint density at radius 1 is 1.50 bits per heavy atom. The zero-order valence-electron chi connectivity index (χ0n) is 10.2. The number of H-pyrrole nitrogens is 1. The molecule has 0 spiro atoms. The number of carbonyl (C=O) groups is 1. The van der Waals surface area contributed by atoms with Gasteiger partial charge in [0.05, 0.1) is 6.54 Å². The molecular formula is C12H9N3O4S. The van der Waals surface area contributed by atoms with Crippen LogP contribution in [0.5, 0.6) is 0 Å². The maximum atomic E-state index is 11.5. The van der Waals surface area contributed by atoms with Crippen LogP contribution in [0.1, 0.15) is 15.2 Å². The lowest BCUT2D eigenvalue weighted by atomic mass is 10.4. The van der Waals surface area contributed by atoms with Crippen molar-refractivity contribution in [2.75, 3.05) is 6.61 Å². The average molecular weight is 291 g/mol. The third kappa shape index (κ3) is 3.02. The Kier molecular flexibility index (Phi) is 4.12. The van der Waals surface area contributed by atoms with Crippen molar-refractivity contribution in [1.82, 2.24) is 9.55 Å². The highest BCUT2D eigenvalue weighted by Gasteiger charge is 2.08. The summed E-state index contributed by atoms with van der Waals surface area (Å²) in [6.45, 7) is 0.0228. The van der Waals surface area contributed by atoms with Crippen molar-refractivity contribution < 1.29 is 9.53 Å². The molecule has 0 bridgehead atoms. The first-order chi connectivity index (χ1) is 9.61. The van der Waals surface area contributed by atoms with E-state index in [1.807, 2.05) is 4.98 Å². The van der Waals surface area contributed by atoms with Crippen LogP contribution in [0.2, 0.25) is 0 Å². The van der Waals surface area contributed by atoms with Crippen molar-refractivity contribution >= 4 is 17.3 Å². The van der Waals surface area contributed by atoms with Gasteiger partial charge in [-0.3, -0.25) is 14.3 Å². The summed E-state index contributed by atoms with van der Waals surface area (Å²) in [5.74, 6) is -0.474. The van der Waals surface area contributed by atoms with Gasteiger partial charge in [0, 0.05) is 6.20 Å². The number of nitrogens with zero attached hydrogens (tertiary/aromatic N) is 2. The molecule has 0 atom stereocenters. The van der Waals surface area contributed by atoms with Gasteiger partial charge in [-0.05, 0) is 11.4 Å². The number of aromatic amines is 1. The highest BCUT2D eigenvalue weighted by molar-refractivity contribution is 7.11. The normalized spacial score (nSPS) is 9.95. The van der Waals surface area contributed by atoms with Crippen LogP contribution in [0.15, 0.2) is 33.3 Å². The van der Waals surface area contributed by atoms with Crippen LogP contribution in [0.25, 0.3) is 0 Å². The molecule has 2 rings (SSSR count). The van der Waals surface area contributed by atoms with E-state index < -0.39 is 17.2 Å². The number of carbonyl (C=O) groups excluding carboxylic acids is 1. The van der Waals surface area contributed by atoms with E-state index in [0.29, 0.717) is 4.88 Å². The number of aromatic nitrogens is 2. The van der Waals surface area contributed by atoms with Crippen molar-refractivity contribution in [3.05, 3.63) is 55.0 Å². The molecule has 0 saturated carbocycles. The molecule has 0 aliphatic carbocycles. The number of nitriles is 1. The van der Waals surface area contributed by atoms with Crippen molar-refractivity contribution in [3.8, 4) is 6.07 Å². The molecule has 7 nitrogen and oxygen atoms in total. The quantitative estimate of drug-likeness (QED) is 0.817. The van der Waals surface area contributed by atoms with Crippen molar-refractivity contribution in [2.24, 2.45) is 0 Å². The van der Waals surface area contributed by atoms with Crippen LogP contribution in [0, 0.1) is 11.3 Å². The summed E-state index contributed by atoms with van der Waals surface area (Å²) in [5, 5.41) is 10.5. The summed E-state index contributed by atoms with van der Waals surface area (Å²) in [4.78, 5) is 36.7. The first-order valence-corrected chi connectivity index (χ1v) is 6.44. The second kappa shape index (κ2) is 5.99. The molecule has 2 aromatic heterocycles. The number of esters is 1. The molecule has 102 valence electrons. The molecule has 8 heteroatoms. The number of rotatable bonds is 4. The largest absolute Gasteiger partial charge is 0.460 e. The highest BCUT2D eigenvalue weighted by atomic mass is 32.1. The van der Waals surface area contributed by atoms with E-state index in [1.165, 1.54) is 11.3 Å². The fraction of sp³-hybridized carbons (Fsp3) is 0.167. The van der Waals surface area contributed by atoms with E-state index in [0.717, 1.165) is 10.8 Å². The molecule has 0 aliphatic heterocycles. The van der Waals surface area contributed by atoms with Gasteiger partial charge in [-0.1, -0.05) is 6.07 Å². The van der Waals surface area contributed by atoms with E-state index in [1.54, 1.807) is 23.6 Å². The van der Waals surface area contributed by atoms with E-state index in [9.17, 15) is 14.4 Å². The molecule has 0 saturated heterocycles. The zero-order valence-corrected chi connectivity index (χ0v) is 11.0. The Morgan fingerprint density at radius 3 is 2.95 bits per heavy atom. The van der Waals surface area contributed by atoms with Crippen LogP contribution in [0.3, 0.4) is 0 Å². The second-order valence-corrected chi connectivity index (χ2v) is 4.67. The monoisotopic (exact) mass is 291 g/mol. The summed E-state index contributed by atoms with van der Waals surface area (Å²) in [5.41, 5.74) is -1.56. The third-order valence-corrected chi connectivity index (χ3v) is 3.27. The minimum absolute atomic E-state index is 0.0342. The van der Waals surface area contributed by atoms with E-state index >= 15 is 0 Å². The molecular weight excluding hydrogens is 282 g/mol. The van der Waals surface area contributed by atoms with Crippen LogP contribution >= 0.6 is 11.3 Å². The molecule has 0 fully saturated rings. The maximum absolute atomic E-state index is 11.5. The van der Waals surface area contributed by atoms with Crippen molar-refractivity contribution in [1.29, 1.82) is 5.26 Å². The smallest absolute Gasteiger partial charge is 0.348 e. The van der Waals surface area contributed by atoms with Crippen LogP contribution in [-0.2, 0) is 11.3 Å². The minimum atomic E-state index is -0.732. The summed E-state index contributed by atoms with van der Waals surface area (Å²) >= 11 is 1.25.